The lowest BCUT2D eigenvalue weighted by Crippen LogP contribution is -2.42. The zero-order valence-electron chi connectivity index (χ0n) is 10.5. The van der Waals surface area contributed by atoms with Gasteiger partial charge in [-0.1, -0.05) is 6.42 Å². The maximum atomic E-state index is 13.0. The van der Waals surface area contributed by atoms with Crippen LogP contribution in [0.2, 0.25) is 0 Å². The Hall–Kier alpha value is -1.67. The van der Waals surface area contributed by atoms with Crippen molar-refractivity contribution in [2.75, 3.05) is 6.61 Å². The second-order valence-corrected chi connectivity index (χ2v) is 4.98. The average molecular weight is 266 g/mol. The molecule has 2 N–H and O–H groups in total. The Kier molecular flexibility index (Phi) is 4.01. The number of halogens is 2. The van der Waals surface area contributed by atoms with E-state index in [4.69, 9.17) is 15.7 Å². The molecule has 1 saturated carbocycles. The van der Waals surface area contributed by atoms with Crippen molar-refractivity contribution in [1.82, 2.24) is 0 Å². The van der Waals surface area contributed by atoms with Crippen LogP contribution in [-0.2, 0) is 0 Å². The van der Waals surface area contributed by atoms with Crippen molar-refractivity contribution in [3.8, 4) is 11.8 Å². The Morgan fingerprint density at radius 1 is 1.37 bits per heavy atom. The summed E-state index contributed by atoms with van der Waals surface area (Å²) in [4.78, 5) is 0. The molecule has 0 aromatic heterocycles. The van der Waals surface area contributed by atoms with Gasteiger partial charge in [-0.2, -0.15) is 5.26 Å². The van der Waals surface area contributed by atoms with Gasteiger partial charge in [-0.25, -0.2) is 8.78 Å². The van der Waals surface area contributed by atoms with Crippen molar-refractivity contribution in [3.05, 3.63) is 29.8 Å². The third-order valence-electron chi connectivity index (χ3n) is 3.65. The van der Waals surface area contributed by atoms with E-state index < -0.39 is 17.2 Å². The Balaban J connectivity index is 1.88. The number of hydrogen-bond donors (Lipinski definition) is 1. The van der Waals surface area contributed by atoms with Crippen LogP contribution in [-0.4, -0.2) is 12.1 Å². The van der Waals surface area contributed by atoms with Crippen molar-refractivity contribution in [2.45, 2.75) is 31.2 Å². The summed E-state index contributed by atoms with van der Waals surface area (Å²) in [5.74, 6) is -1.09. The summed E-state index contributed by atoms with van der Waals surface area (Å²) in [6.45, 7) is 0.300. The molecule has 3 nitrogen and oxygen atoms in total. The molecular weight excluding hydrogens is 250 g/mol. The Bertz CT molecular complexity index is 480. The highest BCUT2D eigenvalue weighted by Gasteiger charge is 2.39. The van der Waals surface area contributed by atoms with E-state index in [9.17, 15) is 8.78 Å². The van der Waals surface area contributed by atoms with E-state index in [1.165, 1.54) is 0 Å². The second-order valence-electron chi connectivity index (χ2n) is 4.98. The topological polar surface area (TPSA) is 59.0 Å². The van der Waals surface area contributed by atoms with Crippen LogP contribution in [0.4, 0.5) is 8.78 Å². The van der Waals surface area contributed by atoms with Gasteiger partial charge in [-0.15, -0.1) is 0 Å². The highest BCUT2D eigenvalue weighted by atomic mass is 19.1. The van der Waals surface area contributed by atoms with Crippen LogP contribution in [0, 0.1) is 28.9 Å². The molecule has 0 bridgehead atoms. The molecule has 1 aliphatic carbocycles. The quantitative estimate of drug-likeness (QED) is 0.911. The van der Waals surface area contributed by atoms with Crippen molar-refractivity contribution in [3.63, 3.8) is 0 Å². The van der Waals surface area contributed by atoms with Crippen LogP contribution in [0.5, 0.6) is 5.75 Å². The van der Waals surface area contributed by atoms with Gasteiger partial charge in [0.1, 0.15) is 22.9 Å². The summed E-state index contributed by atoms with van der Waals surface area (Å²) in [6, 6.07) is 5.23. The highest BCUT2D eigenvalue weighted by molar-refractivity contribution is 5.23. The predicted octanol–water partition coefficient (Wildman–Crippen LogP) is 2.75. The summed E-state index contributed by atoms with van der Waals surface area (Å²) in [5.41, 5.74) is 5.21. The largest absolute Gasteiger partial charge is 0.493 e. The standard InChI is InChI=1S/C14H16F2N2O/c15-11-6-12(16)8-13(7-11)19-5-3-10-2-1-4-14(10,18)9-17/h6-8,10H,1-5,18H2. The van der Waals surface area contributed by atoms with Gasteiger partial charge in [0.15, 0.2) is 0 Å². The molecule has 19 heavy (non-hydrogen) atoms. The minimum Gasteiger partial charge on any atom is -0.493 e. The van der Waals surface area contributed by atoms with Gasteiger partial charge in [-0.05, 0) is 25.2 Å². The minimum absolute atomic E-state index is 0.0795. The Labute approximate surface area is 111 Å². The fourth-order valence-corrected chi connectivity index (χ4v) is 2.58. The second kappa shape index (κ2) is 5.54. The molecule has 0 saturated heterocycles. The lowest BCUT2D eigenvalue weighted by molar-refractivity contribution is 0.253. The van der Waals surface area contributed by atoms with Crippen molar-refractivity contribution >= 4 is 0 Å². The molecule has 5 heteroatoms. The highest BCUT2D eigenvalue weighted by Crippen LogP contribution is 2.35. The van der Waals surface area contributed by atoms with E-state index in [2.05, 4.69) is 6.07 Å². The number of nitrogens with two attached hydrogens (primary N) is 1. The zero-order valence-corrected chi connectivity index (χ0v) is 10.5. The molecule has 0 spiro atoms. The van der Waals surface area contributed by atoms with Gasteiger partial charge in [0, 0.05) is 18.2 Å². The molecule has 2 unspecified atom stereocenters. The fraction of sp³-hybridized carbons (Fsp3) is 0.500. The third-order valence-corrected chi connectivity index (χ3v) is 3.65. The maximum absolute atomic E-state index is 13.0. The summed E-state index contributed by atoms with van der Waals surface area (Å²) in [5, 5.41) is 9.07. The lowest BCUT2D eigenvalue weighted by Gasteiger charge is -2.23. The number of ether oxygens (including phenoxy) is 1. The predicted molar refractivity (Wildman–Crippen MR) is 66.3 cm³/mol. The number of nitrogens with zero attached hydrogens (tertiary/aromatic N) is 1. The molecule has 1 aromatic rings. The molecule has 2 rings (SSSR count). The number of hydrogen-bond acceptors (Lipinski definition) is 3. The molecule has 0 heterocycles. The Morgan fingerprint density at radius 3 is 2.68 bits per heavy atom. The van der Waals surface area contributed by atoms with Crippen LogP contribution in [0.1, 0.15) is 25.7 Å². The van der Waals surface area contributed by atoms with E-state index in [-0.39, 0.29) is 11.7 Å². The number of rotatable bonds is 4. The number of benzene rings is 1. The molecule has 2 atom stereocenters. The summed E-state index contributed by atoms with van der Waals surface area (Å²) in [6.07, 6.45) is 3.14. The van der Waals surface area contributed by atoms with E-state index in [1.54, 1.807) is 0 Å². The van der Waals surface area contributed by atoms with E-state index in [0.29, 0.717) is 19.4 Å². The first-order valence-electron chi connectivity index (χ1n) is 6.32. The monoisotopic (exact) mass is 266 g/mol. The molecule has 1 aliphatic rings. The first-order chi connectivity index (χ1) is 9.03. The summed E-state index contributed by atoms with van der Waals surface area (Å²) in [7, 11) is 0. The lowest BCUT2D eigenvalue weighted by atomic mass is 9.87. The van der Waals surface area contributed by atoms with Gasteiger partial charge in [0.05, 0.1) is 12.7 Å². The van der Waals surface area contributed by atoms with Gasteiger partial charge in [0.25, 0.3) is 0 Å². The third kappa shape index (κ3) is 3.21. The minimum atomic E-state index is -0.781. The van der Waals surface area contributed by atoms with E-state index in [1.807, 2.05) is 0 Å². The summed E-state index contributed by atoms with van der Waals surface area (Å²) < 4.78 is 31.2. The molecule has 102 valence electrons. The molecule has 0 radical (unpaired) electrons. The van der Waals surface area contributed by atoms with E-state index >= 15 is 0 Å². The van der Waals surface area contributed by atoms with Crippen LogP contribution in [0.15, 0.2) is 18.2 Å². The SMILES string of the molecule is N#CC1(N)CCCC1CCOc1cc(F)cc(F)c1. The van der Waals surface area contributed by atoms with Gasteiger partial charge < -0.3 is 10.5 Å². The fourth-order valence-electron chi connectivity index (χ4n) is 2.58. The molecule has 1 fully saturated rings. The van der Waals surface area contributed by atoms with E-state index in [0.717, 1.165) is 31.0 Å². The van der Waals surface area contributed by atoms with Crippen molar-refractivity contribution in [1.29, 1.82) is 5.26 Å². The molecule has 0 aliphatic heterocycles. The summed E-state index contributed by atoms with van der Waals surface area (Å²) >= 11 is 0. The Morgan fingerprint density at radius 2 is 2.05 bits per heavy atom. The van der Waals surface area contributed by atoms with Crippen LogP contribution < -0.4 is 10.5 Å². The van der Waals surface area contributed by atoms with Crippen LogP contribution in [0.3, 0.4) is 0 Å². The first-order valence-corrected chi connectivity index (χ1v) is 6.32. The molecular formula is C14H16F2N2O. The van der Waals surface area contributed by atoms with Crippen molar-refractivity contribution < 1.29 is 13.5 Å². The van der Waals surface area contributed by atoms with Gasteiger partial charge >= 0.3 is 0 Å². The normalized spacial score (nSPS) is 26.1. The smallest absolute Gasteiger partial charge is 0.129 e. The number of nitriles is 1. The molecule has 1 aromatic carbocycles. The maximum Gasteiger partial charge on any atom is 0.129 e. The van der Waals surface area contributed by atoms with Crippen LogP contribution in [0.25, 0.3) is 0 Å². The van der Waals surface area contributed by atoms with Gasteiger partial charge in [0.2, 0.25) is 0 Å². The first kappa shape index (κ1) is 13.8. The van der Waals surface area contributed by atoms with Gasteiger partial charge in [-0.3, -0.25) is 0 Å². The van der Waals surface area contributed by atoms with Crippen molar-refractivity contribution in [2.24, 2.45) is 11.7 Å². The average Bonchev–Trinajstić information content (AvgIpc) is 2.71. The van der Waals surface area contributed by atoms with Crippen LogP contribution >= 0.6 is 0 Å². The zero-order chi connectivity index (χ0) is 13.9. The molecule has 0 amide bonds.